The van der Waals surface area contributed by atoms with Crippen LogP contribution in [0.1, 0.15) is 24.4 Å². The molecule has 1 aromatic carbocycles. The lowest BCUT2D eigenvalue weighted by Crippen LogP contribution is -2.15. The van der Waals surface area contributed by atoms with Gasteiger partial charge < -0.3 is 5.73 Å². The van der Waals surface area contributed by atoms with Gasteiger partial charge in [0.25, 0.3) is 5.69 Å². The number of nitro groups is 1. The van der Waals surface area contributed by atoms with Gasteiger partial charge in [-0.3, -0.25) is 10.1 Å². The van der Waals surface area contributed by atoms with Crippen LogP contribution >= 0.6 is 0 Å². The van der Waals surface area contributed by atoms with Gasteiger partial charge in [-0.25, -0.2) is 4.68 Å². The molecule has 2 rings (SSSR count). The fraction of sp³-hybridized carbons (Fsp3) is 0.300. The largest absolute Gasteiger partial charge is 0.322 e. The lowest BCUT2D eigenvalue weighted by atomic mass is 10.2. The molecule has 0 fully saturated rings. The molecule has 1 atom stereocenters. The Kier molecular flexibility index (Phi) is 3.28. The van der Waals surface area contributed by atoms with Crippen molar-refractivity contribution in [3.05, 3.63) is 45.8 Å². The fourth-order valence-electron chi connectivity index (χ4n) is 1.63. The van der Waals surface area contributed by atoms with E-state index in [0.717, 1.165) is 0 Å². The first-order chi connectivity index (χ1) is 8.59. The molecular formula is C10H12N6O2. The third-order valence-corrected chi connectivity index (χ3v) is 2.48. The predicted molar refractivity (Wildman–Crippen MR) is 62.6 cm³/mol. The topological polar surface area (TPSA) is 113 Å². The maximum Gasteiger partial charge on any atom is 0.274 e. The monoisotopic (exact) mass is 248 g/mol. The molecule has 0 aliphatic rings. The number of aromatic nitrogens is 4. The minimum absolute atomic E-state index is 0.0450. The smallest absolute Gasteiger partial charge is 0.274 e. The van der Waals surface area contributed by atoms with Crippen LogP contribution in [-0.2, 0) is 6.54 Å². The molecular weight excluding hydrogens is 236 g/mol. The summed E-state index contributed by atoms with van der Waals surface area (Å²) in [6, 6.07) is 6.14. The Bertz CT molecular complexity index is 565. The van der Waals surface area contributed by atoms with Crippen LogP contribution in [0.2, 0.25) is 0 Å². The fourth-order valence-corrected chi connectivity index (χ4v) is 1.63. The number of benzene rings is 1. The van der Waals surface area contributed by atoms with E-state index in [0.29, 0.717) is 11.4 Å². The number of hydrogen-bond acceptors (Lipinski definition) is 6. The van der Waals surface area contributed by atoms with Crippen molar-refractivity contribution in [3.8, 4) is 0 Å². The second-order valence-electron chi connectivity index (χ2n) is 3.87. The van der Waals surface area contributed by atoms with Crippen molar-refractivity contribution in [2.45, 2.75) is 19.5 Å². The molecule has 0 saturated carbocycles. The van der Waals surface area contributed by atoms with Gasteiger partial charge in [0.1, 0.15) is 0 Å². The average molecular weight is 248 g/mol. The molecule has 2 aromatic rings. The zero-order valence-corrected chi connectivity index (χ0v) is 9.72. The van der Waals surface area contributed by atoms with Crippen LogP contribution in [0, 0.1) is 10.1 Å². The van der Waals surface area contributed by atoms with Crippen molar-refractivity contribution in [2.24, 2.45) is 5.73 Å². The first kappa shape index (κ1) is 12.1. The predicted octanol–water partition coefficient (Wildman–Crippen LogP) is 0.649. The SMILES string of the molecule is CC(N)c1nnnn1Cc1ccccc1[N+](=O)[O-]. The summed E-state index contributed by atoms with van der Waals surface area (Å²) in [7, 11) is 0. The zero-order valence-electron chi connectivity index (χ0n) is 9.72. The molecule has 0 bridgehead atoms. The van der Waals surface area contributed by atoms with Crippen LogP contribution in [-0.4, -0.2) is 25.1 Å². The van der Waals surface area contributed by atoms with Gasteiger partial charge in [0.05, 0.1) is 23.1 Å². The molecule has 8 heteroatoms. The molecule has 18 heavy (non-hydrogen) atoms. The van der Waals surface area contributed by atoms with Gasteiger partial charge in [-0.2, -0.15) is 0 Å². The molecule has 0 radical (unpaired) electrons. The van der Waals surface area contributed by atoms with E-state index >= 15 is 0 Å². The summed E-state index contributed by atoms with van der Waals surface area (Å²) >= 11 is 0. The normalized spacial score (nSPS) is 12.3. The summed E-state index contributed by atoms with van der Waals surface area (Å²) in [6.45, 7) is 1.97. The summed E-state index contributed by atoms with van der Waals surface area (Å²) in [5, 5.41) is 22.0. The van der Waals surface area contributed by atoms with Crippen molar-refractivity contribution in [3.63, 3.8) is 0 Å². The van der Waals surface area contributed by atoms with Crippen LogP contribution in [0.5, 0.6) is 0 Å². The molecule has 8 nitrogen and oxygen atoms in total. The van der Waals surface area contributed by atoms with Crippen LogP contribution in [0.3, 0.4) is 0 Å². The minimum atomic E-state index is -0.425. The Hall–Kier alpha value is -2.35. The maximum absolute atomic E-state index is 10.9. The second-order valence-corrected chi connectivity index (χ2v) is 3.87. The van der Waals surface area contributed by atoms with E-state index < -0.39 is 4.92 Å². The van der Waals surface area contributed by atoms with E-state index in [1.165, 1.54) is 10.7 Å². The third kappa shape index (κ3) is 2.33. The summed E-state index contributed by atoms with van der Waals surface area (Å²) in [4.78, 5) is 10.5. The lowest BCUT2D eigenvalue weighted by molar-refractivity contribution is -0.385. The van der Waals surface area contributed by atoms with Gasteiger partial charge in [-0.05, 0) is 17.4 Å². The van der Waals surface area contributed by atoms with E-state index in [2.05, 4.69) is 15.5 Å². The highest BCUT2D eigenvalue weighted by molar-refractivity contribution is 5.39. The molecule has 0 aliphatic carbocycles. The van der Waals surface area contributed by atoms with Crippen LogP contribution in [0.15, 0.2) is 24.3 Å². The highest BCUT2D eigenvalue weighted by Gasteiger charge is 2.16. The van der Waals surface area contributed by atoms with Crippen molar-refractivity contribution in [2.75, 3.05) is 0 Å². The second kappa shape index (κ2) is 4.88. The van der Waals surface area contributed by atoms with Crippen molar-refractivity contribution < 1.29 is 4.92 Å². The standard InChI is InChI=1S/C10H12N6O2/c1-7(11)10-12-13-14-15(10)6-8-4-2-3-5-9(8)16(17)18/h2-5,7H,6,11H2,1H3. The average Bonchev–Trinajstić information content (AvgIpc) is 2.77. The van der Waals surface area contributed by atoms with Crippen LogP contribution in [0.4, 0.5) is 5.69 Å². The van der Waals surface area contributed by atoms with E-state index in [9.17, 15) is 10.1 Å². The number of hydrogen-bond donors (Lipinski definition) is 1. The van der Waals surface area contributed by atoms with Gasteiger partial charge in [-0.1, -0.05) is 18.2 Å². The summed E-state index contributed by atoms with van der Waals surface area (Å²) in [5.74, 6) is 0.494. The molecule has 1 aromatic heterocycles. The van der Waals surface area contributed by atoms with E-state index in [1.807, 2.05) is 0 Å². The first-order valence-electron chi connectivity index (χ1n) is 5.33. The van der Waals surface area contributed by atoms with E-state index in [1.54, 1.807) is 25.1 Å². The summed E-state index contributed by atoms with van der Waals surface area (Å²) in [5.41, 5.74) is 6.30. The van der Waals surface area contributed by atoms with Crippen molar-refractivity contribution in [1.82, 2.24) is 20.2 Å². The molecule has 1 heterocycles. The number of tetrazole rings is 1. The van der Waals surface area contributed by atoms with E-state index in [-0.39, 0.29) is 18.3 Å². The number of nitrogens with two attached hydrogens (primary N) is 1. The Balaban J connectivity index is 2.34. The molecule has 0 aliphatic heterocycles. The van der Waals surface area contributed by atoms with Gasteiger partial charge in [-0.15, -0.1) is 5.10 Å². The third-order valence-electron chi connectivity index (χ3n) is 2.48. The number of para-hydroxylation sites is 1. The number of nitrogens with zero attached hydrogens (tertiary/aromatic N) is 5. The van der Waals surface area contributed by atoms with E-state index in [4.69, 9.17) is 5.73 Å². The summed E-state index contributed by atoms with van der Waals surface area (Å²) < 4.78 is 1.47. The Labute approximate surface area is 103 Å². The van der Waals surface area contributed by atoms with Crippen molar-refractivity contribution in [1.29, 1.82) is 0 Å². The minimum Gasteiger partial charge on any atom is -0.322 e. The molecule has 2 N–H and O–H groups in total. The number of nitro benzene ring substituents is 1. The molecule has 0 amide bonds. The Morgan fingerprint density at radius 1 is 1.50 bits per heavy atom. The van der Waals surface area contributed by atoms with Gasteiger partial charge in [0, 0.05) is 6.07 Å². The van der Waals surface area contributed by atoms with Gasteiger partial charge in [0.2, 0.25) is 0 Å². The first-order valence-corrected chi connectivity index (χ1v) is 5.33. The molecule has 1 unspecified atom stereocenters. The zero-order chi connectivity index (χ0) is 13.1. The molecule has 94 valence electrons. The highest BCUT2D eigenvalue weighted by Crippen LogP contribution is 2.19. The highest BCUT2D eigenvalue weighted by atomic mass is 16.6. The molecule has 0 saturated heterocycles. The van der Waals surface area contributed by atoms with Gasteiger partial charge >= 0.3 is 0 Å². The molecule has 0 spiro atoms. The van der Waals surface area contributed by atoms with Crippen LogP contribution in [0.25, 0.3) is 0 Å². The van der Waals surface area contributed by atoms with Crippen molar-refractivity contribution >= 4 is 5.69 Å². The Morgan fingerprint density at radius 3 is 2.89 bits per heavy atom. The lowest BCUT2D eigenvalue weighted by Gasteiger charge is -2.07. The Morgan fingerprint density at radius 2 is 2.22 bits per heavy atom. The van der Waals surface area contributed by atoms with Crippen LogP contribution < -0.4 is 5.73 Å². The number of rotatable bonds is 4. The maximum atomic E-state index is 10.9. The van der Waals surface area contributed by atoms with Gasteiger partial charge in [0.15, 0.2) is 5.82 Å². The summed E-state index contributed by atoms with van der Waals surface area (Å²) in [6.07, 6.45) is 0. The quantitative estimate of drug-likeness (QED) is 0.627.